The largest absolute Gasteiger partial charge is 0.344 e. The van der Waals surface area contributed by atoms with E-state index in [2.05, 4.69) is 178 Å². The highest BCUT2D eigenvalue weighted by molar-refractivity contribution is 6.13. The molecule has 0 saturated heterocycles. The molecule has 0 fully saturated rings. The maximum atomic E-state index is 5.34. The summed E-state index contributed by atoms with van der Waals surface area (Å²) in [6, 6.07) is 38.7. The molecule has 5 heteroatoms. The van der Waals surface area contributed by atoms with E-state index in [0.717, 1.165) is 48.5 Å². The fourth-order valence-corrected chi connectivity index (χ4v) is 10.00. The number of hydrogen-bond donors (Lipinski definition) is 1. The Morgan fingerprint density at radius 1 is 0.655 bits per heavy atom. The zero-order valence-corrected chi connectivity index (χ0v) is 32.1. The lowest BCUT2D eigenvalue weighted by Gasteiger charge is -2.29. The number of benzene rings is 4. The molecular formula is C53H41N5. The summed E-state index contributed by atoms with van der Waals surface area (Å²) in [6.07, 6.45) is 29.4. The first-order valence-corrected chi connectivity index (χ1v) is 20.6. The zero-order valence-electron chi connectivity index (χ0n) is 32.1. The number of rotatable bonds is 5. The molecule has 278 valence electrons. The highest BCUT2D eigenvalue weighted by atomic mass is 15.2. The molecule has 3 heterocycles. The molecule has 4 aromatic carbocycles. The first kappa shape index (κ1) is 33.2. The van der Waals surface area contributed by atoms with E-state index in [1.807, 2.05) is 12.1 Å². The van der Waals surface area contributed by atoms with Crippen LogP contribution in [0, 0.1) is 11.8 Å². The minimum atomic E-state index is -0.271. The fourth-order valence-electron chi connectivity index (χ4n) is 10.00. The van der Waals surface area contributed by atoms with Crippen molar-refractivity contribution in [1.29, 1.82) is 0 Å². The van der Waals surface area contributed by atoms with Gasteiger partial charge >= 0.3 is 0 Å². The first-order chi connectivity index (χ1) is 28.7. The summed E-state index contributed by atoms with van der Waals surface area (Å²) in [6.45, 7) is 0. The summed E-state index contributed by atoms with van der Waals surface area (Å²) in [5, 5.41) is 8.95. The van der Waals surface area contributed by atoms with Crippen LogP contribution in [0.15, 0.2) is 185 Å². The molecule has 6 aromatic rings. The van der Waals surface area contributed by atoms with Gasteiger partial charge in [0.25, 0.3) is 0 Å². The molecule has 12 rings (SSSR count). The Labute approximate surface area is 337 Å². The lowest BCUT2D eigenvalue weighted by Crippen LogP contribution is -2.41. The number of para-hydroxylation sites is 2. The van der Waals surface area contributed by atoms with Gasteiger partial charge in [-0.15, -0.1) is 0 Å². The number of aliphatic imine (C=N–C) groups is 2. The first-order valence-electron chi connectivity index (χ1n) is 20.6. The zero-order chi connectivity index (χ0) is 38.2. The smallest absolute Gasteiger partial charge is 0.159 e. The normalized spacial score (nSPS) is 21.7. The van der Waals surface area contributed by atoms with E-state index in [1.165, 1.54) is 71.7 Å². The molecule has 1 N–H and O–H groups in total. The van der Waals surface area contributed by atoms with E-state index in [9.17, 15) is 0 Å². The average Bonchev–Trinajstić information content (AvgIpc) is 3.79. The molecule has 1 aliphatic heterocycles. The van der Waals surface area contributed by atoms with Crippen molar-refractivity contribution >= 4 is 63.1 Å². The van der Waals surface area contributed by atoms with Crippen molar-refractivity contribution in [1.82, 2.24) is 14.5 Å². The lowest BCUT2D eigenvalue weighted by molar-refractivity contribution is 0.675. The van der Waals surface area contributed by atoms with Crippen LogP contribution in [0.5, 0.6) is 0 Å². The third-order valence-electron chi connectivity index (χ3n) is 12.7. The number of nitrogens with one attached hydrogen (secondary N) is 1. The Bertz CT molecular complexity index is 3130. The minimum absolute atomic E-state index is 0.271. The van der Waals surface area contributed by atoms with Crippen LogP contribution in [0.3, 0.4) is 0 Å². The second kappa shape index (κ2) is 13.3. The van der Waals surface area contributed by atoms with Gasteiger partial charge in [0.05, 0.1) is 16.4 Å². The summed E-state index contributed by atoms with van der Waals surface area (Å²) in [5.41, 5.74) is 14.0. The van der Waals surface area contributed by atoms with Gasteiger partial charge in [0.2, 0.25) is 0 Å². The third-order valence-corrected chi connectivity index (χ3v) is 12.7. The Balaban J connectivity index is 1.00. The molecule has 2 aromatic heterocycles. The molecule has 0 amide bonds. The van der Waals surface area contributed by atoms with Crippen molar-refractivity contribution in [3.05, 3.63) is 207 Å². The van der Waals surface area contributed by atoms with Crippen LogP contribution in [-0.2, 0) is 6.42 Å². The Morgan fingerprint density at radius 2 is 1.41 bits per heavy atom. The molecule has 3 unspecified atom stereocenters. The van der Waals surface area contributed by atoms with Gasteiger partial charge in [-0.3, -0.25) is 0 Å². The van der Waals surface area contributed by atoms with Crippen molar-refractivity contribution in [2.45, 2.75) is 31.8 Å². The van der Waals surface area contributed by atoms with Crippen LogP contribution in [0.2, 0.25) is 0 Å². The van der Waals surface area contributed by atoms with E-state index in [1.54, 1.807) is 0 Å². The highest BCUT2D eigenvalue weighted by Gasteiger charge is 2.31. The van der Waals surface area contributed by atoms with Crippen LogP contribution < -0.4 is 15.9 Å². The van der Waals surface area contributed by atoms with Crippen LogP contribution >= 0.6 is 0 Å². The van der Waals surface area contributed by atoms with E-state index >= 15 is 0 Å². The van der Waals surface area contributed by atoms with Gasteiger partial charge in [-0.05, 0) is 78.8 Å². The molecule has 0 saturated carbocycles. The predicted molar refractivity (Wildman–Crippen MR) is 240 cm³/mol. The Hall–Kier alpha value is -6.98. The molecule has 0 bridgehead atoms. The topological polar surface area (TPSA) is 46.6 Å². The highest BCUT2D eigenvalue weighted by Crippen LogP contribution is 2.42. The van der Waals surface area contributed by atoms with Crippen molar-refractivity contribution in [2.75, 3.05) is 0 Å². The molecule has 58 heavy (non-hydrogen) atoms. The summed E-state index contributed by atoms with van der Waals surface area (Å²) >= 11 is 0. The summed E-state index contributed by atoms with van der Waals surface area (Å²) in [7, 11) is 0. The van der Waals surface area contributed by atoms with Gasteiger partial charge in [-0.1, -0.05) is 140 Å². The van der Waals surface area contributed by atoms with Gasteiger partial charge in [-0.2, -0.15) is 0 Å². The van der Waals surface area contributed by atoms with Crippen LogP contribution in [0.4, 0.5) is 0 Å². The SMILES string of the molecule is C1=CC2=Cc3c(n(C4=CC=C5C=c6c(c7ccccc7n6C6=C(C7N=C(c8ccccc8)N=C(c8ccccc8)N7)CCC=C6)=CC5C4)c4ccccc34)CC2C=C1. The number of allylic oxidation sites excluding steroid dienone is 12. The van der Waals surface area contributed by atoms with Crippen LogP contribution in [-0.4, -0.2) is 27.0 Å². The standard InChI is InChI=1S/C53H41N5/c1-3-15-34(16-4-1)51-54-52(35-17-5-2-6-18-35)56-53(55-51)43-23-11-14-26-48(43)58-47-25-13-10-22-42(47)45-31-39-29-40(28-27-38(39)33-50(45)58)57-46-24-12-9-21-41(46)44-30-36-19-7-8-20-37(36)32-49(44)57/h1-10,12-22,24-28,30-31,33,37,39,53H,11,23,29,32H2,(H,54,55,56). The Morgan fingerprint density at radius 3 is 2.26 bits per heavy atom. The predicted octanol–water partition coefficient (Wildman–Crippen LogP) is 9.72. The molecule has 6 aliphatic rings. The molecule has 0 spiro atoms. The maximum Gasteiger partial charge on any atom is 0.159 e. The molecule has 3 atom stereocenters. The average molecular weight is 748 g/mol. The monoisotopic (exact) mass is 747 g/mol. The molecular weight excluding hydrogens is 707 g/mol. The van der Waals surface area contributed by atoms with Crippen molar-refractivity contribution < 1.29 is 0 Å². The number of aromatic nitrogens is 2. The second-order valence-corrected chi connectivity index (χ2v) is 16.1. The lowest BCUT2D eigenvalue weighted by atomic mass is 9.83. The summed E-state index contributed by atoms with van der Waals surface area (Å²) in [5.74, 6) is 2.29. The number of hydrogen-bond acceptors (Lipinski definition) is 3. The third kappa shape index (κ3) is 5.30. The maximum absolute atomic E-state index is 5.34. The number of amidine groups is 2. The second-order valence-electron chi connectivity index (χ2n) is 16.1. The van der Waals surface area contributed by atoms with Gasteiger partial charge in [0, 0.05) is 61.6 Å². The van der Waals surface area contributed by atoms with E-state index in [0.29, 0.717) is 5.92 Å². The minimum Gasteiger partial charge on any atom is -0.344 e. The molecule has 0 radical (unpaired) electrons. The van der Waals surface area contributed by atoms with Gasteiger partial charge in [-0.25, -0.2) is 9.98 Å². The van der Waals surface area contributed by atoms with E-state index in [-0.39, 0.29) is 12.1 Å². The molecule has 5 aliphatic carbocycles. The van der Waals surface area contributed by atoms with Crippen LogP contribution in [0.25, 0.3) is 51.4 Å². The number of nitrogens with zero attached hydrogens (tertiary/aromatic N) is 4. The van der Waals surface area contributed by atoms with Gasteiger partial charge < -0.3 is 14.5 Å². The fraction of sp³-hybridized carbons (Fsp3) is 0.132. The van der Waals surface area contributed by atoms with Crippen molar-refractivity contribution in [3.63, 3.8) is 0 Å². The summed E-state index contributed by atoms with van der Waals surface area (Å²) in [4.78, 5) is 10.4. The van der Waals surface area contributed by atoms with E-state index < -0.39 is 0 Å². The summed E-state index contributed by atoms with van der Waals surface area (Å²) < 4.78 is 5.09. The van der Waals surface area contributed by atoms with Crippen LogP contribution in [0.1, 0.15) is 41.6 Å². The number of fused-ring (bicyclic) bond motifs is 8. The van der Waals surface area contributed by atoms with Crippen molar-refractivity contribution in [2.24, 2.45) is 21.8 Å². The van der Waals surface area contributed by atoms with Gasteiger partial charge in [0.1, 0.15) is 12.0 Å². The van der Waals surface area contributed by atoms with Gasteiger partial charge in [0.15, 0.2) is 5.84 Å². The quantitative estimate of drug-likeness (QED) is 0.188. The van der Waals surface area contributed by atoms with E-state index in [4.69, 9.17) is 9.98 Å². The molecule has 5 nitrogen and oxygen atoms in total. The van der Waals surface area contributed by atoms with Crippen molar-refractivity contribution in [3.8, 4) is 0 Å². The Kier molecular flexibility index (Phi) is 7.62.